The molecule has 0 spiro atoms. The van der Waals surface area contributed by atoms with Gasteiger partial charge in [-0.1, -0.05) is 6.07 Å². The summed E-state index contributed by atoms with van der Waals surface area (Å²) in [5.41, 5.74) is 1.38. The number of rotatable bonds is 4. The first-order valence-corrected chi connectivity index (χ1v) is 5.52. The molecule has 3 N–H and O–H groups in total. The van der Waals surface area contributed by atoms with E-state index in [1.54, 1.807) is 13.0 Å². The fourth-order valence-corrected chi connectivity index (χ4v) is 1.56. The Labute approximate surface area is 105 Å². The molecule has 0 aliphatic rings. The number of phenols is 1. The maximum Gasteiger partial charge on any atom is 0.323 e. The van der Waals surface area contributed by atoms with Crippen LogP contribution < -0.4 is 10.2 Å². The van der Waals surface area contributed by atoms with Crippen molar-refractivity contribution >= 4 is 17.7 Å². The van der Waals surface area contributed by atoms with Gasteiger partial charge in [-0.25, -0.2) is 4.79 Å². The number of amides is 2. The molecule has 0 bridgehead atoms. The van der Waals surface area contributed by atoms with Crippen molar-refractivity contribution in [1.82, 2.24) is 5.32 Å². The lowest BCUT2D eigenvalue weighted by Gasteiger charge is -2.23. The molecule has 0 fully saturated rings. The largest absolute Gasteiger partial charge is 0.508 e. The van der Waals surface area contributed by atoms with Gasteiger partial charge in [0.25, 0.3) is 0 Å². The summed E-state index contributed by atoms with van der Waals surface area (Å²) in [6, 6.07) is 4.19. The van der Waals surface area contributed by atoms with Crippen LogP contribution in [0.3, 0.4) is 0 Å². The number of aliphatic carboxylic acids is 1. The number of carbonyl (C=O) groups excluding carboxylic acids is 1. The monoisotopic (exact) mass is 252 g/mol. The summed E-state index contributed by atoms with van der Waals surface area (Å²) in [4.78, 5) is 23.6. The summed E-state index contributed by atoms with van der Waals surface area (Å²) in [5.74, 6) is -1.05. The van der Waals surface area contributed by atoms with Crippen molar-refractivity contribution in [1.29, 1.82) is 0 Å². The SMILES string of the molecule is CCN(C(=O)NCC(=O)O)c1cc(O)ccc1C. The molecule has 1 aromatic carbocycles. The number of aromatic hydroxyl groups is 1. The predicted molar refractivity (Wildman–Crippen MR) is 66.9 cm³/mol. The van der Waals surface area contributed by atoms with Gasteiger partial charge in [0, 0.05) is 12.6 Å². The number of urea groups is 1. The molecule has 1 aromatic rings. The summed E-state index contributed by atoms with van der Waals surface area (Å²) >= 11 is 0. The molecule has 0 heterocycles. The van der Waals surface area contributed by atoms with Crippen LogP contribution in [0.15, 0.2) is 18.2 Å². The molecule has 1 rings (SSSR count). The van der Waals surface area contributed by atoms with E-state index in [1.165, 1.54) is 17.0 Å². The second-order valence-corrected chi connectivity index (χ2v) is 3.77. The smallest absolute Gasteiger partial charge is 0.323 e. The molecule has 2 amide bonds. The number of hydrogen-bond donors (Lipinski definition) is 3. The molecule has 0 atom stereocenters. The Hall–Kier alpha value is -2.24. The van der Waals surface area contributed by atoms with E-state index in [0.717, 1.165) is 5.56 Å². The van der Waals surface area contributed by atoms with E-state index in [1.807, 2.05) is 6.92 Å². The average molecular weight is 252 g/mol. The molecular weight excluding hydrogens is 236 g/mol. The average Bonchev–Trinajstić information content (AvgIpc) is 2.32. The third-order valence-corrected chi connectivity index (χ3v) is 2.44. The molecule has 0 unspecified atom stereocenters. The minimum Gasteiger partial charge on any atom is -0.508 e. The van der Waals surface area contributed by atoms with E-state index >= 15 is 0 Å². The second kappa shape index (κ2) is 5.90. The van der Waals surface area contributed by atoms with Crippen LogP contribution in [0.5, 0.6) is 5.75 Å². The Balaban J connectivity index is 2.91. The van der Waals surface area contributed by atoms with E-state index in [2.05, 4.69) is 5.32 Å². The maximum atomic E-state index is 11.8. The van der Waals surface area contributed by atoms with Gasteiger partial charge in [0.1, 0.15) is 12.3 Å². The number of carboxylic acids is 1. The number of phenolic OH excluding ortho intramolecular Hbond substituents is 1. The van der Waals surface area contributed by atoms with Crippen LogP contribution in [0.2, 0.25) is 0 Å². The van der Waals surface area contributed by atoms with E-state index < -0.39 is 18.5 Å². The summed E-state index contributed by atoms with van der Waals surface area (Å²) in [6.45, 7) is 3.51. The third-order valence-electron chi connectivity index (χ3n) is 2.44. The molecule has 0 aromatic heterocycles. The highest BCUT2D eigenvalue weighted by Crippen LogP contribution is 2.24. The summed E-state index contributed by atoms with van der Waals surface area (Å²) in [5, 5.41) is 20.2. The van der Waals surface area contributed by atoms with Crippen molar-refractivity contribution in [2.45, 2.75) is 13.8 Å². The quantitative estimate of drug-likeness (QED) is 0.753. The normalized spacial score (nSPS) is 9.89. The number of benzene rings is 1. The van der Waals surface area contributed by atoms with Crippen LogP contribution in [-0.2, 0) is 4.79 Å². The first-order chi connectivity index (χ1) is 8.45. The maximum absolute atomic E-state index is 11.8. The lowest BCUT2D eigenvalue weighted by Crippen LogP contribution is -2.42. The molecule has 18 heavy (non-hydrogen) atoms. The van der Waals surface area contributed by atoms with Crippen LogP contribution >= 0.6 is 0 Å². The summed E-state index contributed by atoms with van der Waals surface area (Å²) in [6.07, 6.45) is 0. The highest BCUT2D eigenvalue weighted by atomic mass is 16.4. The van der Waals surface area contributed by atoms with Crippen LogP contribution in [0.1, 0.15) is 12.5 Å². The van der Waals surface area contributed by atoms with Gasteiger partial charge in [-0.15, -0.1) is 0 Å². The van der Waals surface area contributed by atoms with Crippen LogP contribution in [0, 0.1) is 6.92 Å². The molecule has 0 radical (unpaired) electrons. The van der Waals surface area contributed by atoms with Gasteiger partial charge < -0.3 is 15.5 Å². The van der Waals surface area contributed by atoms with E-state index in [9.17, 15) is 14.7 Å². The third kappa shape index (κ3) is 3.38. The van der Waals surface area contributed by atoms with Crippen molar-refractivity contribution in [2.24, 2.45) is 0 Å². The lowest BCUT2D eigenvalue weighted by atomic mass is 10.1. The van der Waals surface area contributed by atoms with Crippen molar-refractivity contribution in [2.75, 3.05) is 18.0 Å². The summed E-state index contributed by atoms with van der Waals surface area (Å²) < 4.78 is 0. The fraction of sp³-hybridized carbons (Fsp3) is 0.333. The number of aryl methyl sites for hydroxylation is 1. The van der Waals surface area contributed by atoms with Gasteiger partial charge in [0.2, 0.25) is 0 Å². The Kier molecular flexibility index (Phi) is 4.53. The molecule has 0 saturated heterocycles. The van der Waals surface area contributed by atoms with Gasteiger partial charge in [0.05, 0.1) is 5.69 Å². The Morgan fingerprint density at radius 3 is 2.61 bits per heavy atom. The number of carboxylic acid groups (broad SMARTS) is 1. The Bertz CT molecular complexity index is 459. The first-order valence-electron chi connectivity index (χ1n) is 5.52. The van der Waals surface area contributed by atoms with Gasteiger partial charge >= 0.3 is 12.0 Å². The van der Waals surface area contributed by atoms with E-state index in [-0.39, 0.29) is 5.75 Å². The highest BCUT2D eigenvalue weighted by molar-refractivity contribution is 5.94. The Morgan fingerprint density at radius 2 is 2.06 bits per heavy atom. The van der Waals surface area contributed by atoms with Crippen molar-refractivity contribution < 1.29 is 19.8 Å². The van der Waals surface area contributed by atoms with Gasteiger partial charge in [-0.2, -0.15) is 0 Å². The van der Waals surface area contributed by atoms with Gasteiger partial charge in [-0.3, -0.25) is 9.69 Å². The molecule has 6 nitrogen and oxygen atoms in total. The number of hydrogen-bond acceptors (Lipinski definition) is 3. The standard InChI is InChI=1S/C12H16N2O4/c1-3-14(12(18)13-7-11(16)17)10-6-9(15)5-4-8(10)2/h4-6,15H,3,7H2,1-2H3,(H,13,18)(H,16,17). The van der Waals surface area contributed by atoms with E-state index in [0.29, 0.717) is 12.2 Å². The summed E-state index contributed by atoms with van der Waals surface area (Å²) in [7, 11) is 0. The zero-order valence-electron chi connectivity index (χ0n) is 10.3. The predicted octanol–water partition coefficient (Wildman–Crippen LogP) is 1.32. The minimum atomic E-state index is -1.10. The van der Waals surface area contributed by atoms with Gasteiger partial charge in [0.15, 0.2) is 0 Å². The topological polar surface area (TPSA) is 89.9 Å². The first kappa shape index (κ1) is 13.8. The van der Waals surface area contributed by atoms with Gasteiger partial charge in [-0.05, 0) is 25.5 Å². The second-order valence-electron chi connectivity index (χ2n) is 3.77. The van der Waals surface area contributed by atoms with Crippen molar-refractivity contribution in [3.8, 4) is 5.75 Å². The van der Waals surface area contributed by atoms with Crippen LogP contribution in [0.25, 0.3) is 0 Å². The van der Waals surface area contributed by atoms with Crippen LogP contribution in [0.4, 0.5) is 10.5 Å². The van der Waals surface area contributed by atoms with E-state index in [4.69, 9.17) is 5.11 Å². The Morgan fingerprint density at radius 1 is 1.39 bits per heavy atom. The molecule has 0 aliphatic carbocycles. The molecule has 0 saturated carbocycles. The van der Waals surface area contributed by atoms with Crippen molar-refractivity contribution in [3.63, 3.8) is 0 Å². The molecule has 0 aliphatic heterocycles. The molecule has 98 valence electrons. The van der Waals surface area contributed by atoms with Crippen molar-refractivity contribution in [3.05, 3.63) is 23.8 Å². The number of nitrogens with one attached hydrogen (secondary N) is 1. The minimum absolute atomic E-state index is 0.0556. The molecule has 6 heteroatoms. The highest BCUT2D eigenvalue weighted by Gasteiger charge is 2.16. The lowest BCUT2D eigenvalue weighted by molar-refractivity contribution is -0.135. The number of anilines is 1. The zero-order chi connectivity index (χ0) is 13.7. The van der Waals surface area contributed by atoms with Crippen LogP contribution in [-0.4, -0.2) is 35.3 Å². The zero-order valence-corrected chi connectivity index (χ0v) is 10.3. The fourth-order valence-electron chi connectivity index (χ4n) is 1.56. The number of carbonyl (C=O) groups is 2. The number of nitrogens with zero attached hydrogens (tertiary/aromatic N) is 1. The molecular formula is C12H16N2O4.